The van der Waals surface area contributed by atoms with E-state index in [1.54, 1.807) is 11.1 Å². The zero-order chi connectivity index (χ0) is 19.5. The van der Waals surface area contributed by atoms with E-state index in [0.29, 0.717) is 0 Å². The molecule has 0 unspecified atom stereocenters. The van der Waals surface area contributed by atoms with Gasteiger partial charge >= 0.3 is 0 Å². The second-order valence-electron chi connectivity index (χ2n) is 9.19. The smallest absolute Gasteiger partial charge is 0.0880 e. The summed E-state index contributed by atoms with van der Waals surface area (Å²) in [7, 11) is 0. The molecule has 0 N–H and O–H groups in total. The summed E-state index contributed by atoms with van der Waals surface area (Å²) < 4.78 is 2.75. The molecule has 0 saturated carbocycles. The first kappa shape index (κ1) is 17.9. The van der Waals surface area contributed by atoms with Crippen molar-refractivity contribution in [2.45, 2.75) is 58.8 Å². The molecule has 0 atom stereocenters. The van der Waals surface area contributed by atoms with Crippen molar-refractivity contribution in [1.29, 1.82) is 0 Å². The van der Waals surface area contributed by atoms with Crippen LogP contribution in [-0.2, 0) is 18.3 Å². The van der Waals surface area contributed by atoms with Gasteiger partial charge in [0.05, 0.1) is 10.4 Å². The molecule has 0 aliphatic heterocycles. The van der Waals surface area contributed by atoms with Gasteiger partial charge in [0.25, 0.3) is 0 Å². The fraction of sp³-hybridized carbons (Fsp3) is 0.346. The number of pyridine rings is 1. The summed E-state index contributed by atoms with van der Waals surface area (Å²) in [4.78, 5) is 4.80. The molecule has 1 nitrogen and oxygen atoms in total. The Labute approximate surface area is 171 Å². The van der Waals surface area contributed by atoms with Gasteiger partial charge in [-0.25, -0.2) is 0 Å². The third-order valence-corrected chi connectivity index (χ3v) is 7.46. The topological polar surface area (TPSA) is 12.9 Å². The zero-order valence-electron chi connectivity index (χ0n) is 17.2. The van der Waals surface area contributed by atoms with Crippen LogP contribution in [0.3, 0.4) is 0 Å². The monoisotopic (exact) mass is 385 g/mol. The molecule has 4 aromatic rings. The third kappa shape index (κ3) is 2.78. The lowest BCUT2D eigenvalue weighted by Gasteiger charge is -2.19. The van der Waals surface area contributed by atoms with Crippen LogP contribution in [0.4, 0.5) is 0 Å². The van der Waals surface area contributed by atoms with E-state index in [1.165, 1.54) is 62.5 Å². The van der Waals surface area contributed by atoms with Gasteiger partial charge in [-0.1, -0.05) is 45.0 Å². The summed E-state index contributed by atoms with van der Waals surface area (Å²) in [5.74, 6) is 0. The molecule has 0 bridgehead atoms. The molecular weight excluding hydrogens is 358 g/mol. The molecule has 2 heteroatoms. The predicted octanol–water partition coefficient (Wildman–Crippen LogP) is 7.60. The normalized spacial score (nSPS) is 14.6. The lowest BCUT2D eigenvalue weighted by Crippen LogP contribution is -2.10. The van der Waals surface area contributed by atoms with Gasteiger partial charge in [-0.15, -0.1) is 11.3 Å². The van der Waals surface area contributed by atoms with Crippen LogP contribution in [0.1, 0.15) is 55.9 Å². The summed E-state index contributed by atoms with van der Waals surface area (Å²) >= 11 is 1.92. The van der Waals surface area contributed by atoms with Crippen LogP contribution >= 0.6 is 11.3 Å². The largest absolute Gasteiger partial charge is 0.255 e. The summed E-state index contributed by atoms with van der Waals surface area (Å²) in [6.45, 7) is 9.11. The number of benzene rings is 2. The molecule has 28 heavy (non-hydrogen) atoms. The van der Waals surface area contributed by atoms with E-state index in [9.17, 15) is 0 Å². The zero-order valence-corrected chi connectivity index (χ0v) is 18.0. The number of aryl methyl sites for hydroxylation is 2. The van der Waals surface area contributed by atoms with Gasteiger partial charge in [0.15, 0.2) is 0 Å². The molecule has 2 aromatic heterocycles. The van der Waals surface area contributed by atoms with Crippen LogP contribution in [0.2, 0.25) is 0 Å². The Kier molecular flexibility index (Phi) is 4.10. The summed E-state index contributed by atoms with van der Waals surface area (Å²) in [5, 5.41) is 2.83. The third-order valence-electron chi connectivity index (χ3n) is 6.30. The Hall–Kier alpha value is -2.19. The van der Waals surface area contributed by atoms with Crippen molar-refractivity contribution in [3.05, 3.63) is 64.8 Å². The highest BCUT2D eigenvalue weighted by atomic mass is 32.1. The fourth-order valence-electron chi connectivity index (χ4n) is 4.69. The van der Waals surface area contributed by atoms with Crippen molar-refractivity contribution in [2.75, 3.05) is 0 Å². The Balaban J connectivity index is 1.73. The van der Waals surface area contributed by atoms with E-state index in [0.717, 1.165) is 5.69 Å². The van der Waals surface area contributed by atoms with E-state index < -0.39 is 0 Å². The van der Waals surface area contributed by atoms with Gasteiger partial charge in [0.2, 0.25) is 0 Å². The number of fused-ring (bicyclic) bond motifs is 4. The van der Waals surface area contributed by atoms with E-state index in [1.807, 2.05) is 17.5 Å². The quantitative estimate of drug-likeness (QED) is 0.329. The number of thiophene rings is 1. The van der Waals surface area contributed by atoms with Gasteiger partial charge in [-0.3, -0.25) is 4.98 Å². The second-order valence-corrected chi connectivity index (χ2v) is 10.2. The number of nitrogens with zero attached hydrogens (tertiary/aromatic N) is 1. The van der Waals surface area contributed by atoms with Gasteiger partial charge in [-0.05, 0) is 72.4 Å². The molecular formula is C26H27NS. The van der Waals surface area contributed by atoms with E-state index in [4.69, 9.17) is 4.98 Å². The van der Waals surface area contributed by atoms with Crippen molar-refractivity contribution < 1.29 is 0 Å². The molecule has 0 fully saturated rings. The molecule has 2 heterocycles. The number of hydrogen-bond donors (Lipinski definition) is 0. The number of aromatic nitrogens is 1. The maximum Gasteiger partial charge on any atom is 0.0880 e. The molecule has 142 valence electrons. The van der Waals surface area contributed by atoms with Crippen molar-refractivity contribution in [1.82, 2.24) is 4.98 Å². The molecule has 5 rings (SSSR count). The predicted molar refractivity (Wildman–Crippen MR) is 123 cm³/mol. The molecule has 1 aliphatic rings. The lowest BCUT2D eigenvalue weighted by atomic mass is 9.86. The SMILES string of the molecule is Cc1c2c(cc3sc4c(-c5ccc(C(C)(C)C)cc5)nccc4c13)CCCC2. The highest BCUT2D eigenvalue weighted by molar-refractivity contribution is 7.26. The van der Waals surface area contributed by atoms with Crippen LogP contribution in [0.5, 0.6) is 0 Å². The lowest BCUT2D eigenvalue weighted by molar-refractivity contribution is 0.590. The van der Waals surface area contributed by atoms with Crippen molar-refractivity contribution in [3.8, 4) is 11.3 Å². The molecule has 2 aromatic carbocycles. The van der Waals surface area contributed by atoms with Crippen LogP contribution in [-0.4, -0.2) is 4.98 Å². The Morgan fingerprint density at radius 2 is 1.71 bits per heavy atom. The van der Waals surface area contributed by atoms with Crippen LogP contribution in [0, 0.1) is 6.92 Å². The Bertz CT molecular complexity index is 1190. The van der Waals surface area contributed by atoms with Crippen LogP contribution in [0.25, 0.3) is 31.4 Å². The maximum atomic E-state index is 4.80. The standard InChI is InChI=1S/C26H27NS/c1-16-20-8-6-5-7-18(20)15-22-23(16)21-13-14-27-24(25(21)28-22)17-9-11-19(12-10-17)26(2,3)4/h9-15H,5-8H2,1-4H3. The molecule has 1 aliphatic carbocycles. The summed E-state index contributed by atoms with van der Waals surface area (Å²) in [6, 6.07) is 13.7. The second kappa shape index (κ2) is 6.42. The average molecular weight is 386 g/mol. The van der Waals surface area contributed by atoms with Gasteiger partial charge in [0, 0.05) is 27.2 Å². The highest BCUT2D eigenvalue weighted by Gasteiger charge is 2.19. The summed E-state index contributed by atoms with van der Waals surface area (Å²) in [5.41, 5.74) is 8.55. The minimum atomic E-state index is 0.172. The van der Waals surface area contributed by atoms with E-state index in [-0.39, 0.29) is 5.41 Å². The first-order chi connectivity index (χ1) is 13.4. The Morgan fingerprint density at radius 3 is 2.46 bits per heavy atom. The number of rotatable bonds is 1. The van der Waals surface area contributed by atoms with Gasteiger partial charge in [0.1, 0.15) is 0 Å². The van der Waals surface area contributed by atoms with Crippen molar-refractivity contribution >= 4 is 31.5 Å². The van der Waals surface area contributed by atoms with Crippen molar-refractivity contribution in [2.24, 2.45) is 0 Å². The van der Waals surface area contributed by atoms with Gasteiger partial charge < -0.3 is 0 Å². The average Bonchev–Trinajstić information content (AvgIpc) is 3.06. The number of hydrogen-bond acceptors (Lipinski definition) is 2. The minimum Gasteiger partial charge on any atom is -0.255 e. The molecule has 0 spiro atoms. The highest BCUT2D eigenvalue weighted by Crippen LogP contribution is 2.43. The van der Waals surface area contributed by atoms with Gasteiger partial charge in [-0.2, -0.15) is 0 Å². The first-order valence-corrected chi connectivity index (χ1v) is 11.2. The maximum absolute atomic E-state index is 4.80. The first-order valence-electron chi connectivity index (χ1n) is 10.4. The fourth-order valence-corrected chi connectivity index (χ4v) is 6.02. The molecule has 0 amide bonds. The van der Waals surface area contributed by atoms with E-state index >= 15 is 0 Å². The Morgan fingerprint density at radius 1 is 0.964 bits per heavy atom. The van der Waals surface area contributed by atoms with Crippen LogP contribution < -0.4 is 0 Å². The molecule has 0 radical (unpaired) electrons. The van der Waals surface area contributed by atoms with Crippen LogP contribution in [0.15, 0.2) is 42.6 Å². The minimum absolute atomic E-state index is 0.172. The molecule has 0 saturated heterocycles. The van der Waals surface area contributed by atoms with Crippen molar-refractivity contribution in [3.63, 3.8) is 0 Å². The summed E-state index contributed by atoms with van der Waals surface area (Å²) in [6.07, 6.45) is 7.12. The van der Waals surface area contributed by atoms with E-state index in [2.05, 4.69) is 64.1 Å².